The molecule has 0 aromatic heterocycles. The second-order valence-corrected chi connectivity index (χ2v) is 22.4. The Labute approximate surface area is 501 Å². The van der Waals surface area contributed by atoms with E-state index in [4.69, 9.17) is 14.2 Å². The van der Waals surface area contributed by atoms with Crippen molar-refractivity contribution in [3.63, 3.8) is 0 Å². The third-order valence-corrected chi connectivity index (χ3v) is 14.5. The average molecular weight is 1120 g/mol. The fraction of sp³-hybridized carbons (Fsp3) is 0.693. The maximum atomic E-state index is 12.9. The molecule has 0 spiro atoms. The topological polar surface area (TPSA) is 78.9 Å². The van der Waals surface area contributed by atoms with Crippen LogP contribution in [-0.2, 0) is 28.6 Å². The van der Waals surface area contributed by atoms with Crippen molar-refractivity contribution in [2.45, 2.75) is 322 Å². The first kappa shape index (κ1) is 76.8. The molecule has 0 fully saturated rings. The van der Waals surface area contributed by atoms with Crippen LogP contribution in [0.25, 0.3) is 0 Å². The highest BCUT2D eigenvalue weighted by Crippen LogP contribution is 2.16. The van der Waals surface area contributed by atoms with Crippen LogP contribution in [0.1, 0.15) is 316 Å². The number of hydrogen-bond acceptors (Lipinski definition) is 6. The van der Waals surface area contributed by atoms with E-state index in [9.17, 15) is 14.4 Å². The SMILES string of the molecule is CC/C=C\C/C=C\C/C=C\C/C=C\C/C=C\C/C=C\C/C=C\C/C=C\C/C=C\CCCCCCCC(=O)OCC(COC(=O)CCCCCCCCCCC)OC(=O)CCCCCCCCCCC/C=C\CCCCCCCCCC. The number of allylic oxidation sites excluding steroid dienone is 20. The van der Waals surface area contributed by atoms with Crippen LogP contribution in [0.4, 0.5) is 0 Å². The number of ether oxygens (including phenoxy) is 3. The summed E-state index contributed by atoms with van der Waals surface area (Å²) < 4.78 is 16.9. The van der Waals surface area contributed by atoms with Crippen molar-refractivity contribution in [1.29, 1.82) is 0 Å². The molecule has 0 aromatic carbocycles. The molecular formula is C75H126O6. The molecule has 0 amide bonds. The van der Waals surface area contributed by atoms with Crippen molar-refractivity contribution in [3.8, 4) is 0 Å². The van der Waals surface area contributed by atoms with Gasteiger partial charge in [0.25, 0.3) is 0 Å². The minimum absolute atomic E-state index is 0.0841. The zero-order chi connectivity index (χ0) is 58.5. The molecule has 0 saturated heterocycles. The van der Waals surface area contributed by atoms with Crippen LogP contribution in [0, 0.1) is 0 Å². The Morgan fingerprint density at radius 1 is 0.259 bits per heavy atom. The lowest BCUT2D eigenvalue weighted by atomic mass is 10.1. The molecule has 1 atom stereocenters. The minimum atomic E-state index is -0.788. The fourth-order valence-corrected chi connectivity index (χ4v) is 9.37. The van der Waals surface area contributed by atoms with Crippen molar-refractivity contribution in [2.24, 2.45) is 0 Å². The summed E-state index contributed by atoms with van der Waals surface area (Å²) in [5.41, 5.74) is 0. The molecule has 462 valence electrons. The Morgan fingerprint density at radius 3 is 0.765 bits per heavy atom. The summed E-state index contributed by atoms with van der Waals surface area (Å²) in [7, 11) is 0. The van der Waals surface area contributed by atoms with Crippen LogP contribution in [0.15, 0.2) is 122 Å². The van der Waals surface area contributed by atoms with Gasteiger partial charge in [-0.15, -0.1) is 0 Å². The zero-order valence-electron chi connectivity index (χ0n) is 53.0. The molecule has 0 aromatic rings. The van der Waals surface area contributed by atoms with Gasteiger partial charge >= 0.3 is 17.9 Å². The summed E-state index contributed by atoms with van der Waals surface area (Å²) >= 11 is 0. The quantitative estimate of drug-likeness (QED) is 0.0261. The maximum Gasteiger partial charge on any atom is 0.306 e. The van der Waals surface area contributed by atoms with Gasteiger partial charge in [0, 0.05) is 19.3 Å². The second kappa shape index (κ2) is 68.3. The lowest BCUT2D eigenvalue weighted by molar-refractivity contribution is -0.167. The first-order valence-electron chi connectivity index (χ1n) is 34.0. The molecule has 0 saturated carbocycles. The van der Waals surface area contributed by atoms with Gasteiger partial charge in [0.1, 0.15) is 13.2 Å². The smallest absolute Gasteiger partial charge is 0.306 e. The number of carbonyl (C=O) groups excluding carboxylic acids is 3. The van der Waals surface area contributed by atoms with Crippen molar-refractivity contribution in [3.05, 3.63) is 122 Å². The molecule has 0 radical (unpaired) electrons. The number of rotatable bonds is 61. The predicted molar refractivity (Wildman–Crippen MR) is 353 cm³/mol. The van der Waals surface area contributed by atoms with Crippen LogP contribution < -0.4 is 0 Å². The van der Waals surface area contributed by atoms with E-state index >= 15 is 0 Å². The largest absolute Gasteiger partial charge is 0.462 e. The number of carbonyl (C=O) groups is 3. The summed E-state index contributed by atoms with van der Waals surface area (Å²) in [5.74, 6) is -0.901. The van der Waals surface area contributed by atoms with E-state index in [1.54, 1.807) is 0 Å². The van der Waals surface area contributed by atoms with E-state index in [0.717, 1.165) is 135 Å². The van der Waals surface area contributed by atoms with Crippen molar-refractivity contribution < 1.29 is 28.6 Å². The van der Waals surface area contributed by atoms with Gasteiger partial charge in [-0.25, -0.2) is 0 Å². The molecule has 0 aliphatic rings. The van der Waals surface area contributed by atoms with E-state index in [1.165, 1.54) is 141 Å². The standard InChI is InChI=1S/C75H126O6/c1-4-7-10-13-16-19-21-23-25-27-29-31-32-33-34-35-36-37-38-39-40-41-42-44-45-47-49-51-53-56-59-62-65-68-74(77)80-71-72(70-79-73(76)67-64-61-58-55-18-15-12-9-6-3)81-75(78)69-66-63-60-57-54-52-50-48-46-43-30-28-26-24-22-20-17-14-11-8-5-2/h7,10,16,19,23,25,28-31,33-34,36-37,39-40,42,44,47,49,72H,4-6,8-9,11-15,17-18,20-22,24,26-27,32,35,38,41,43,45-46,48,50-71H2,1-3H3/b10-7-,19-16-,25-23-,30-28-,31-29-,34-33-,37-36-,40-39-,44-42-,49-47-. The predicted octanol–water partition coefficient (Wildman–Crippen LogP) is 23.6. The van der Waals surface area contributed by atoms with Gasteiger partial charge < -0.3 is 14.2 Å². The third-order valence-electron chi connectivity index (χ3n) is 14.5. The molecule has 0 rings (SSSR count). The van der Waals surface area contributed by atoms with Crippen LogP contribution in [0.5, 0.6) is 0 Å². The van der Waals surface area contributed by atoms with E-state index in [-0.39, 0.29) is 31.1 Å². The average Bonchev–Trinajstić information content (AvgIpc) is 3.47. The van der Waals surface area contributed by atoms with Gasteiger partial charge in [0.2, 0.25) is 0 Å². The lowest BCUT2D eigenvalue weighted by Gasteiger charge is -2.18. The molecule has 0 aliphatic carbocycles. The number of hydrogen-bond donors (Lipinski definition) is 0. The van der Waals surface area contributed by atoms with Crippen molar-refractivity contribution in [2.75, 3.05) is 13.2 Å². The van der Waals surface area contributed by atoms with E-state index in [2.05, 4.69) is 142 Å². The van der Waals surface area contributed by atoms with Gasteiger partial charge in [-0.05, 0) is 116 Å². The zero-order valence-corrected chi connectivity index (χ0v) is 53.0. The normalized spacial score (nSPS) is 12.9. The number of unbranched alkanes of at least 4 members (excludes halogenated alkanes) is 30. The van der Waals surface area contributed by atoms with Crippen molar-refractivity contribution >= 4 is 17.9 Å². The van der Waals surface area contributed by atoms with Crippen molar-refractivity contribution in [1.82, 2.24) is 0 Å². The Bertz CT molecular complexity index is 1670. The highest BCUT2D eigenvalue weighted by atomic mass is 16.6. The Kier molecular flexibility index (Phi) is 64.8. The molecular weight excluding hydrogens is 997 g/mol. The summed E-state index contributed by atoms with van der Waals surface area (Å²) in [6.07, 6.45) is 95.1. The van der Waals surface area contributed by atoms with Crippen LogP contribution in [0.2, 0.25) is 0 Å². The molecule has 0 bridgehead atoms. The molecule has 81 heavy (non-hydrogen) atoms. The maximum absolute atomic E-state index is 12.9. The first-order chi connectivity index (χ1) is 40.0. The first-order valence-corrected chi connectivity index (χ1v) is 34.0. The monoisotopic (exact) mass is 1120 g/mol. The summed E-state index contributed by atoms with van der Waals surface area (Å²) in [6, 6.07) is 0. The van der Waals surface area contributed by atoms with E-state index in [0.29, 0.717) is 19.3 Å². The molecule has 0 N–H and O–H groups in total. The molecule has 1 unspecified atom stereocenters. The summed E-state index contributed by atoms with van der Waals surface area (Å²) in [4.78, 5) is 38.2. The molecule has 0 aliphatic heterocycles. The molecule has 0 heterocycles. The van der Waals surface area contributed by atoms with E-state index in [1.807, 2.05) is 0 Å². The Balaban J connectivity index is 4.25. The lowest BCUT2D eigenvalue weighted by Crippen LogP contribution is -2.30. The third kappa shape index (κ3) is 66.5. The highest BCUT2D eigenvalue weighted by molar-refractivity contribution is 5.71. The summed E-state index contributed by atoms with van der Waals surface area (Å²) in [6.45, 7) is 6.51. The van der Waals surface area contributed by atoms with Crippen LogP contribution >= 0.6 is 0 Å². The van der Waals surface area contributed by atoms with Gasteiger partial charge in [-0.1, -0.05) is 303 Å². The van der Waals surface area contributed by atoms with E-state index < -0.39 is 6.10 Å². The Hall–Kier alpha value is -4.19. The minimum Gasteiger partial charge on any atom is -0.462 e. The Morgan fingerprint density at radius 2 is 0.481 bits per heavy atom. The summed E-state index contributed by atoms with van der Waals surface area (Å²) in [5, 5.41) is 0. The van der Waals surface area contributed by atoms with Crippen LogP contribution in [0.3, 0.4) is 0 Å². The van der Waals surface area contributed by atoms with Gasteiger partial charge in [0.05, 0.1) is 0 Å². The molecule has 6 heteroatoms. The second-order valence-electron chi connectivity index (χ2n) is 22.4. The number of esters is 3. The molecule has 6 nitrogen and oxygen atoms in total. The highest BCUT2D eigenvalue weighted by Gasteiger charge is 2.19. The van der Waals surface area contributed by atoms with Crippen LogP contribution in [-0.4, -0.2) is 37.2 Å². The van der Waals surface area contributed by atoms with Gasteiger partial charge in [0.15, 0.2) is 6.10 Å². The van der Waals surface area contributed by atoms with Gasteiger partial charge in [-0.3, -0.25) is 14.4 Å². The van der Waals surface area contributed by atoms with Gasteiger partial charge in [-0.2, -0.15) is 0 Å². The fourth-order valence-electron chi connectivity index (χ4n) is 9.37.